The number of rotatable bonds is 7. The lowest BCUT2D eigenvalue weighted by Gasteiger charge is -2.70. The number of carbonyl (C=O) groups is 1. The van der Waals surface area contributed by atoms with Crippen molar-refractivity contribution in [2.45, 2.75) is 56.0 Å². The highest BCUT2D eigenvalue weighted by Gasteiger charge is 2.69. The summed E-state index contributed by atoms with van der Waals surface area (Å²) in [5.41, 5.74) is 1.98. The van der Waals surface area contributed by atoms with Crippen LogP contribution in [0.3, 0.4) is 0 Å². The molecule has 28 heavy (non-hydrogen) atoms. The number of carbonyl (C=O) groups excluding carboxylic acids is 1. The summed E-state index contributed by atoms with van der Waals surface area (Å²) in [6.45, 7) is 1.92. The van der Waals surface area contributed by atoms with Crippen LogP contribution in [0.5, 0.6) is 5.75 Å². The lowest BCUT2D eigenvalue weighted by Crippen LogP contribution is -2.81. The maximum Gasteiger partial charge on any atom is 0.258 e. The van der Waals surface area contributed by atoms with Gasteiger partial charge in [-0.05, 0) is 62.8 Å². The highest BCUT2D eigenvalue weighted by atomic mass is 35.5. The molecule has 6 nitrogen and oxygen atoms in total. The van der Waals surface area contributed by atoms with E-state index in [1.165, 1.54) is 12.8 Å². The highest BCUT2D eigenvalue weighted by molar-refractivity contribution is 6.31. The summed E-state index contributed by atoms with van der Waals surface area (Å²) in [5.74, 6) is 2.01. The van der Waals surface area contributed by atoms with E-state index in [0.29, 0.717) is 16.7 Å². The minimum absolute atomic E-state index is 0.0121. The Morgan fingerprint density at radius 3 is 2.75 bits per heavy atom. The van der Waals surface area contributed by atoms with Gasteiger partial charge in [-0.15, -0.1) is 0 Å². The molecule has 7 heteroatoms. The number of anilines is 1. The average molecular weight is 399 g/mol. The van der Waals surface area contributed by atoms with Gasteiger partial charge in [0, 0.05) is 28.2 Å². The predicted molar refractivity (Wildman–Crippen MR) is 107 cm³/mol. The van der Waals surface area contributed by atoms with Crippen molar-refractivity contribution in [1.82, 2.24) is 15.3 Å². The number of hydrogen-bond donors (Lipinski definition) is 2. The van der Waals surface area contributed by atoms with Crippen LogP contribution < -0.4 is 15.4 Å². The molecule has 2 aromatic rings. The van der Waals surface area contributed by atoms with E-state index in [0.717, 1.165) is 36.3 Å². The molecule has 0 saturated heterocycles. The molecule has 0 aliphatic heterocycles. The molecule has 1 aromatic carbocycles. The van der Waals surface area contributed by atoms with Crippen molar-refractivity contribution in [2.24, 2.45) is 0 Å². The third-order valence-corrected chi connectivity index (χ3v) is 6.40. The molecule has 2 bridgehead atoms. The zero-order chi connectivity index (χ0) is 19.4. The standard InChI is InChI=1S/C21H23ClN4O2/c1-13-6-15(4-5-16(13)22)28-9-19(27)26-21-10-20(11-21,12-21)25-18-8-23-7-17(24-18)14-2-3-14/h4-8,14H,2-3,9-12H2,1H3,(H,24,25)(H,26,27). The van der Waals surface area contributed by atoms with E-state index in [2.05, 4.69) is 15.6 Å². The fraction of sp³-hybridized carbons (Fsp3) is 0.476. The maximum atomic E-state index is 12.3. The van der Waals surface area contributed by atoms with Crippen LogP contribution in [-0.4, -0.2) is 33.6 Å². The summed E-state index contributed by atoms with van der Waals surface area (Å²) in [6.07, 6.45) is 8.85. The molecule has 6 rings (SSSR count). The first-order valence-electron chi connectivity index (χ1n) is 9.74. The number of amides is 1. The van der Waals surface area contributed by atoms with Crippen molar-refractivity contribution in [3.05, 3.63) is 46.9 Å². The molecule has 4 saturated carbocycles. The van der Waals surface area contributed by atoms with Crippen molar-refractivity contribution in [2.75, 3.05) is 11.9 Å². The van der Waals surface area contributed by atoms with Crippen LogP contribution in [0.2, 0.25) is 5.02 Å². The molecule has 146 valence electrons. The number of ether oxygens (including phenoxy) is 1. The average Bonchev–Trinajstić information content (AvgIpc) is 3.45. The van der Waals surface area contributed by atoms with Crippen molar-refractivity contribution in [1.29, 1.82) is 0 Å². The Morgan fingerprint density at radius 2 is 2.04 bits per heavy atom. The van der Waals surface area contributed by atoms with Crippen LogP contribution in [0.1, 0.15) is 49.3 Å². The van der Waals surface area contributed by atoms with E-state index in [-0.39, 0.29) is 23.6 Å². The summed E-state index contributed by atoms with van der Waals surface area (Å²) >= 11 is 6.01. The summed E-state index contributed by atoms with van der Waals surface area (Å²) in [5, 5.41) is 7.37. The second-order valence-corrected chi connectivity index (χ2v) is 8.97. The molecule has 1 heterocycles. The second-order valence-electron chi connectivity index (χ2n) is 8.57. The van der Waals surface area contributed by atoms with Gasteiger partial charge in [0.05, 0.1) is 11.9 Å². The third kappa shape index (κ3) is 3.30. The third-order valence-electron chi connectivity index (χ3n) is 5.98. The molecule has 0 unspecified atom stereocenters. The molecule has 4 fully saturated rings. The molecule has 0 radical (unpaired) electrons. The van der Waals surface area contributed by atoms with Crippen molar-refractivity contribution >= 4 is 23.3 Å². The van der Waals surface area contributed by atoms with Crippen LogP contribution in [0.4, 0.5) is 5.82 Å². The first-order valence-corrected chi connectivity index (χ1v) is 10.1. The number of nitrogens with zero attached hydrogens (tertiary/aromatic N) is 2. The summed E-state index contributed by atoms with van der Waals surface area (Å²) in [4.78, 5) is 21.3. The van der Waals surface area contributed by atoms with Gasteiger partial charge in [0.1, 0.15) is 11.6 Å². The molecular weight excluding hydrogens is 376 g/mol. The van der Waals surface area contributed by atoms with Crippen molar-refractivity contribution in [3.63, 3.8) is 0 Å². The summed E-state index contributed by atoms with van der Waals surface area (Å²) < 4.78 is 5.59. The normalized spacial score (nSPS) is 27.4. The van der Waals surface area contributed by atoms with E-state index < -0.39 is 0 Å². The number of aryl methyl sites for hydroxylation is 1. The predicted octanol–water partition coefficient (Wildman–Crippen LogP) is 3.60. The summed E-state index contributed by atoms with van der Waals surface area (Å²) in [7, 11) is 0. The van der Waals surface area contributed by atoms with E-state index in [4.69, 9.17) is 21.3 Å². The fourth-order valence-electron chi connectivity index (χ4n) is 4.53. The number of nitrogens with one attached hydrogen (secondary N) is 2. The van der Waals surface area contributed by atoms with Gasteiger partial charge in [0.15, 0.2) is 6.61 Å². The second kappa shape index (κ2) is 6.34. The SMILES string of the molecule is Cc1cc(OCC(=O)NC23CC(Nc4cncc(C5CC5)n4)(C2)C3)ccc1Cl. The van der Waals surface area contributed by atoms with Crippen LogP contribution in [0.15, 0.2) is 30.6 Å². The Morgan fingerprint density at radius 1 is 1.25 bits per heavy atom. The molecular formula is C21H23ClN4O2. The molecule has 1 aromatic heterocycles. The Labute approximate surface area is 169 Å². The lowest BCUT2D eigenvalue weighted by atomic mass is 9.44. The van der Waals surface area contributed by atoms with Gasteiger partial charge in [-0.3, -0.25) is 9.78 Å². The molecule has 4 aliphatic carbocycles. The van der Waals surface area contributed by atoms with Crippen molar-refractivity contribution in [3.8, 4) is 5.75 Å². The van der Waals surface area contributed by atoms with Gasteiger partial charge in [0.2, 0.25) is 0 Å². The lowest BCUT2D eigenvalue weighted by molar-refractivity contribution is -0.135. The maximum absolute atomic E-state index is 12.3. The largest absolute Gasteiger partial charge is 0.484 e. The minimum Gasteiger partial charge on any atom is -0.484 e. The Bertz CT molecular complexity index is 924. The van der Waals surface area contributed by atoms with Gasteiger partial charge >= 0.3 is 0 Å². The Hall–Kier alpha value is -2.34. The smallest absolute Gasteiger partial charge is 0.258 e. The molecule has 0 atom stereocenters. The van der Waals surface area contributed by atoms with Crippen LogP contribution in [-0.2, 0) is 4.79 Å². The molecule has 4 aliphatic rings. The minimum atomic E-state index is -0.0924. The monoisotopic (exact) mass is 398 g/mol. The van der Waals surface area contributed by atoms with Crippen LogP contribution in [0.25, 0.3) is 0 Å². The topological polar surface area (TPSA) is 76.1 Å². The van der Waals surface area contributed by atoms with Gasteiger partial charge in [0.25, 0.3) is 5.91 Å². The number of benzene rings is 1. The quantitative estimate of drug-likeness (QED) is 0.745. The molecule has 1 amide bonds. The Kier molecular flexibility index (Phi) is 4.02. The Balaban J connectivity index is 1.10. The number of aromatic nitrogens is 2. The zero-order valence-corrected chi connectivity index (χ0v) is 16.6. The van der Waals surface area contributed by atoms with Gasteiger partial charge in [-0.1, -0.05) is 11.6 Å². The molecule has 0 spiro atoms. The zero-order valence-electron chi connectivity index (χ0n) is 15.8. The van der Waals surface area contributed by atoms with E-state index >= 15 is 0 Å². The van der Waals surface area contributed by atoms with E-state index in [1.807, 2.05) is 19.2 Å². The molecule has 2 N–H and O–H groups in total. The van der Waals surface area contributed by atoms with Crippen molar-refractivity contribution < 1.29 is 9.53 Å². The number of halogens is 1. The first kappa shape index (κ1) is 17.7. The van der Waals surface area contributed by atoms with Gasteiger partial charge in [-0.25, -0.2) is 4.98 Å². The first-order chi connectivity index (χ1) is 13.4. The van der Waals surface area contributed by atoms with Crippen LogP contribution >= 0.6 is 11.6 Å². The summed E-state index contributed by atoms with van der Waals surface area (Å²) in [6, 6.07) is 5.40. The van der Waals surface area contributed by atoms with Crippen LogP contribution in [0, 0.1) is 6.92 Å². The van der Waals surface area contributed by atoms with Gasteiger partial charge < -0.3 is 15.4 Å². The highest BCUT2D eigenvalue weighted by Crippen LogP contribution is 2.61. The number of hydrogen-bond acceptors (Lipinski definition) is 5. The van der Waals surface area contributed by atoms with Gasteiger partial charge in [-0.2, -0.15) is 0 Å². The van der Waals surface area contributed by atoms with E-state index in [1.54, 1.807) is 18.3 Å². The fourth-order valence-corrected chi connectivity index (χ4v) is 4.65. The van der Waals surface area contributed by atoms with E-state index in [9.17, 15) is 4.79 Å².